The van der Waals surface area contributed by atoms with E-state index in [0.29, 0.717) is 36.7 Å². The van der Waals surface area contributed by atoms with Gasteiger partial charge in [-0.25, -0.2) is 0 Å². The molecule has 41 heavy (non-hydrogen) atoms. The van der Waals surface area contributed by atoms with Gasteiger partial charge in [0.25, 0.3) is 0 Å². The quantitative estimate of drug-likeness (QED) is 0.128. The minimum atomic E-state index is -0.313. The number of hydrogen-bond donors (Lipinski definition) is 0. The summed E-state index contributed by atoms with van der Waals surface area (Å²) in [7, 11) is 0. The topological polar surface area (TPSA) is 80.3 Å². The van der Waals surface area contributed by atoms with Gasteiger partial charge in [0.2, 0.25) is 0 Å². The third-order valence-corrected chi connectivity index (χ3v) is 9.06. The molecule has 0 unspecified atom stereocenters. The van der Waals surface area contributed by atoms with Crippen molar-refractivity contribution >= 4 is 11.9 Å². The molecule has 0 atom stereocenters. The van der Waals surface area contributed by atoms with E-state index < -0.39 is 0 Å². The van der Waals surface area contributed by atoms with Crippen LogP contribution in [0.15, 0.2) is 48.5 Å². The molecule has 2 aromatic carbocycles. The van der Waals surface area contributed by atoms with Gasteiger partial charge in [-0.3, -0.25) is 9.59 Å². The molecule has 0 spiro atoms. The van der Waals surface area contributed by atoms with E-state index in [2.05, 4.69) is 27.7 Å². The van der Waals surface area contributed by atoms with Crippen molar-refractivity contribution in [1.29, 1.82) is 0 Å². The number of ether oxygens (including phenoxy) is 5. The van der Waals surface area contributed by atoms with Crippen molar-refractivity contribution in [2.24, 2.45) is 10.8 Å². The second-order valence-corrected chi connectivity index (χ2v) is 12.3. The number of carbonyl (C=O) groups excluding carboxylic acids is 2. The van der Waals surface area contributed by atoms with Crippen molar-refractivity contribution in [1.82, 2.24) is 0 Å². The van der Waals surface area contributed by atoms with Crippen LogP contribution in [-0.4, -0.2) is 51.6 Å². The molecule has 1 saturated carbocycles. The van der Waals surface area contributed by atoms with Crippen LogP contribution < -0.4 is 9.47 Å². The second kappa shape index (κ2) is 14.0. The highest BCUT2D eigenvalue weighted by Crippen LogP contribution is 2.43. The molecule has 0 N–H and O–H groups in total. The Morgan fingerprint density at radius 2 is 1.17 bits per heavy atom. The monoisotopic (exact) mass is 566 g/mol. The summed E-state index contributed by atoms with van der Waals surface area (Å²) in [4.78, 5) is 24.6. The van der Waals surface area contributed by atoms with E-state index in [9.17, 15) is 9.59 Å². The zero-order valence-electron chi connectivity index (χ0n) is 25.2. The molecule has 0 amide bonds. The van der Waals surface area contributed by atoms with Gasteiger partial charge in [-0.15, -0.1) is 0 Å². The Bertz CT molecular complexity index is 1030. The lowest BCUT2D eigenvalue weighted by molar-refractivity contribution is -0.153. The van der Waals surface area contributed by atoms with Crippen LogP contribution in [-0.2, 0) is 29.2 Å². The molecular formula is C34H46O7. The van der Waals surface area contributed by atoms with Gasteiger partial charge in [-0.1, -0.05) is 58.4 Å². The highest BCUT2D eigenvalue weighted by Gasteiger charge is 2.37. The zero-order valence-corrected chi connectivity index (χ0v) is 25.2. The molecule has 1 saturated heterocycles. The molecule has 4 rings (SSSR count). The second-order valence-electron chi connectivity index (χ2n) is 12.3. The average molecular weight is 567 g/mol. The fraction of sp³-hybridized carbons (Fsp3) is 0.588. The molecule has 1 heterocycles. The molecule has 1 aliphatic heterocycles. The van der Waals surface area contributed by atoms with E-state index in [-0.39, 0.29) is 35.6 Å². The highest BCUT2D eigenvalue weighted by atomic mass is 16.5. The van der Waals surface area contributed by atoms with E-state index in [0.717, 1.165) is 43.8 Å². The fourth-order valence-electron chi connectivity index (χ4n) is 5.36. The molecule has 7 nitrogen and oxygen atoms in total. The minimum Gasteiger partial charge on any atom is -0.426 e. The molecule has 1 aliphatic carbocycles. The molecule has 224 valence electrons. The lowest BCUT2D eigenvalue weighted by Gasteiger charge is -2.40. The van der Waals surface area contributed by atoms with E-state index in [1.54, 1.807) is 0 Å². The van der Waals surface area contributed by atoms with Crippen LogP contribution in [0.1, 0.15) is 83.8 Å². The van der Waals surface area contributed by atoms with Crippen LogP contribution in [0.4, 0.5) is 0 Å². The predicted octanol–water partition coefficient (Wildman–Crippen LogP) is 6.64. The van der Waals surface area contributed by atoms with Crippen LogP contribution >= 0.6 is 0 Å². The first-order chi connectivity index (χ1) is 19.7. The van der Waals surface area contributed by atoms with E-state index in [1.165, 1.54) is 19.3 Å². The summed E-state index contributed by atoms with van der Waals surface area (Å²) in [6.45, 7) is 12.1. The Labute approximate surface area is 244 Å². The summed E-state index contributed by atoms with van der Waals surface area (Å²) >= 11 is 0. The van der Waals surface area contributed by atoms with E-state index in [4.69, 9.17) is 23.7 Å². The Balaban J connectivity index is 1.20. The van der Waals surface area contributed by atoms with Gasteiger partial charge in [-0.05, 0) is 66.5 Å². The summed E-state index contributed by atoms with van der Waals surface area (Å²) in [6.07, 6.45) is 6.31. The molecule has 7 heteroatoms. The highest BCUT2D eigenvalue weighted by molar-refractivity contribution is 5.73. The van der Waals surface area contributed by atoms with Crippen molar-refractivity contribution in [3.05, 3.63) is 59.7 Å². The van der Waals surface area contributed by atoms with Crippen molar-refractivity contribution in [3.63, 3.8) is 0 Å². The maximum absolute atomic E-state index is 12.3. The largest absolute Gasteiger partial charge is 0.426 e. The van der Waals surface area contributed by atoms with Gasteiger partial charge in [0, 0.05) is 10.8 Å². The number of hydrogen-bond acceptors (Lipinski definition) is 7. The van der Waals surface area contributed by atoms with Gasteiger partial charge in [0.05, 0.1) is 52.5 Å². The fourth-order valence-corrected chi connectivity index (χ4v) is 5.36. The van der Waals surface area contributed by atoms with Crippen LogP contribution in [0, 0.1) is 10.8 Å². The molecule has 2 fully saturated rings. The third kappa shape index (κ3) is 8.18. The first-order valence-electron chi connectivity index (χ1n) is 15.0. The summed E-state index contributed by atoms with van der Waals surface area (Å²) < 4.78 is 27.8. The minimum absolute atomic E-state index is 0.111. The number of carbonyl (C=O) groups is 2. The van der Waals surface area contributed by atoms with Gasteiger partial charge in [0.15, 0.2) is 0 Å². The Morgan fingerprint density at radius 1 is 0.732 bits per heavy atom. The summed E-state index contributed by atoms with van der Waals surface area (Å²) in [6, 6.07) is 15.2. The lowest BCUT2D eigenvalue weighted by atomic mass is 9.68. The van der Waals surface area contributed by atoms with Crippen LogP contribution in [0.25, 0.3) is 0 Å². The smallest absolute Gasteiger partial charge is 0.313 e. The Morgan fingerprint density at radius 3 is 1.51 bits per heavy atom. The third-order valence-electron chi connectivity index (χ3n) is 9.06. The molecule has 0 radical (unpaired) electrons. The van der Waals surface area contributed by atoms with Gasteiger partial charge < -0.3 is 23.7 Å². The Hall–Kier alpha value is -2.74. The zero-order chi connectivity index (χ0) is 29.3. The van der Waals surface area contributed by atoms with Crippen molar-refractivity contribution in [3.8, 4) is 11.5 Å². The number of rotatable bonds is 16. The lowest BCUT2D eigenvalue weighted by Crippen LogP contribution is -2.45. The van der Waals surface area contributed by atoms with Crippen molar-refractivity contribution in [2.45, 2.75) is 78.1 Å². The molecular weight excluding hydrogens is 520 g/mol. The van der Waals surface area contributed by atoms with Crippen LogP contribution in [0.5, 0.6) is 11.5 Å². The number of esters is 2. The maximum Gasteiger partial charge on any atom is 0.313 e. The van der Waals surface area contributed by atoms with Crippen LogP contribution in [0.3, 0.4) is 0 Å². The van der Waals surface area contributed by atoms with Crippen LogP contribution in [0.2, 0.25) is 0 Å². The standard InChI is InChI=1S/C34H46O7/c1-5-33(18-7-19-33)22-37-20-16-30(35)40-28-12-8-26(9-13-28)32(3,4)27-10-14-29(15-11-27)41-31(36)17-21-38-23-34(6-2)24-39-25-34/h8-15H,5-7,16-25H2,1-4H3. The summed E-state index contributed by atoms with van der Waals surface area (Å²) in [5, 5.41) is 0. The molecule has 2 aliphatic rings. The Kier molecular flexibility index (Phi) is 10.6. The molecule has 2 aromatic rings. The van der Waals surface area contributed by atoms with Crippen molar-refractivity contribution < 1.29 is 33.3 Å². The van der Waals surface area contributed by atoms with Crippen molar-refractivity contribution in [2.75, 3.05) is 39.6 Å². The summed E-state index contributed by atoms with van der Waals surface area (Å²) in [5.74, 6) is 0.435. The molecule has 0 bridgehead atoms. The number of benzene rings is 2. The normalized spacial score (nSPS) is 17.3. The van der Waals surface area contributed by atoms with Gasteiger partial charge >= 0.3 is 11.9 Å². The summed E-state index contributed by atoms with van der Waals surface area (Å²) in [5.41, 5.74) is 2.29. The first kappa shape index (κ1) is 31.2. The van der Waals surface area contributed by atoms with Gasteiger partial charge in [-0.2, -0.15) is 0 Å². The van der Waals surface area contributed by atoms with E-state index >= 15 is 0 Å². The van der Waals surface area contributed by atoms with E-state index in [1.807, 2.05) is 48.5 Å². The SMILES string of the molecule is CCC1(COCCC(=O)Oc2ccc(C(C)(C)c3ccc(OC(=O)CCOCC4(CC)COC4)cc3)cc2)CCC1. The molecule has 0 aromatic heterocycles. The maximum atomic E-state index is 12.3. The van der Waals surface area contributed by atoms with Gasteiger partial charge in [0.1, 0.15) is 11.5 Å². The first-order valence-corrected chi connectivity index (χ1v) is 15.0. The average Bonchev–Trinajstić information content (AvgIpc) is 2.92. The predicted molar refractivity (Wildman–Crippen MR) is 157 cm³/mol.